The average Bonchev–Trinajstić information content (AvgIpc) is 3.19. The molecular weight excluding hydrogens is 412 g/mol. The molecule has 0 saturated heterocycles. The number of hydrogen-bond acceptors (Lipinski definition) is 4. The maximum atomic E-state index is 12.5. The Hall–Kier alpha value is -3.58. The van der Waals surface area contributed by atoms with E-state index >= 15 is 0 Å². The largest absolute Gasteiger partial charge is 0.481 e. The third-order valence-corrected chi connectivity index (χ3v) is 6.66. The van der Waals surface area contributed by atoms with Gasteiger partial charge in [-0.2, -0.15) is 0 Å². The monoisotopic (exact) mass is 432 g/mol. The number of hydrogen-bond donors (Lipinski definition) is 3. The van der Waals surface area contributed by atoms with E-state index in [4.69, 9.17) is 0 Å². The summed E-state index contributed by atoms with van der Waals surface area (Å²) in [7, 11) is 0. The van der Waals surface area contributed by atoms with E-state index in [2.05, 4.69) is 9.97 Å². The van der Waals surface area contributed by atoms with Gasteiger partial charge < -0.3 is 15.2 Å². The Labute approximate surface area is 183 Å². The quantitative estimate of drug-likeness (QED) is 0.347. The van der Waals surface area contributed by atoms with Crippen molar-refractivity contribution in [1.29, 1.82) is 0 Å². The number of fused-ring (bicyclic) bond motifs is 1. The zero-order valence-electron chi connectivity index (χ0n) is 16.4. The lowest BCUT2D eigenvalue weighted by Crippen LogP contribution is -2.40. The fourth-order valence-corrected chi connectivity index (χ4v) is 5.28. The second-order valence-corrected chi connectivity index (χ2v) is 8.35. The molecular formula is C24H20N2O4S. The maximum absolute atomic E-state index is 12.5. The fraction of sp³-hybridized carbons (Fsp3) is 0.125. The number of aliphatic carboxylic acids is 2. The normalized spacial score (nSPS) is 12.5. The molecule has 0 bridgehead atoms. The number of rotatable bonds is 8. The molecule has 0 aliphatic heterocycles. The van der Waals surface area contributed by atoms with Crippen molar-refractivity contribution in [2.24, 2.45) is 5.92 Å². The number of nitrogens with zero attached hydrogens (tertiary/aromatic N) is 1. The summed E-state index contributed by atoms with van der Waals surface area (Å²) < 4.78 is -1.22. The smallest absolute Gasteiger partial charge is 0.309 e. The summed E-state index contributed by atoms with van der Waals surface area (Å²) in [5, 5.41) is 20.3. The number of imidazole rings is 1. The van der Waals surface area contributed by atoms with Crippen LogP contribution < -0.4 is 0 Å². The van der Waals surface area contributed by atoms with Crippen LogP contribution in [-0.4, -0.2) is 32.1 Å². The lowest BCUT2D eigenvalue weighted by atomic mass is 9.78. The minimum absolute atomic E-state index is 0.519. The number of carboxylic acids is 2. The molecule has 0 amide bonds. The van der Waals surface area contributed by atoms with Crippen molar-refractivity contribution in [3.8, 4) is 0 Å². The molecule has 3 aromatic carbocycles. The Morgan fingerprint density at radius 1 is 0.871 bits per heavy atom. The van der Waals surface area contributed by atoms with Crippen molar-refractivity contribution in [2.45, 2.75) is 16.3 Å². The van der Waals surface area contributed by atoms with Crippen LogP contribution in [0.2, 0.25) is 0 Å². The van der Waals surface area contributed by atoms with Crippen LogP contribution in [0.3, 0.4) is 0 Å². The lowest BCUT2D eigenvalue weighted by molar-refractivity contribution is -0.149. The zero-order chi connectivity index (χ0) is 21.8. The van der Waals surface area contributed by atoms with Gasteiger partial charge in [-0.3, -0.25) is 9.59 Å². The minimum Gasteiger partial charge on any atom is -0.481 e. The van der Waals surface area contributed by atoms with Gasteiger partial charge in [-0.15, -0.1) is 0 Å². The second kappa shape index (κ2) is 8.65. The van der Waals surface area contributed by atoms with E-state index in [0.717, 1.165) is 11.0 Å². The molecule has 0 spiro atoms. The highest BCUT2D eigenvalue weighted by atomic mass is 32.2. The molecule has 31 heavy (non-hydrogen) atoms. The molecule has 3 N–H and O–H groups in total. The molecule has 1 unspecified atom stereocenters. The number of H-pyrrole nitrogens is 1. The second-order valence-electron chi connectivity index (χ2n) is 7.12. The third-order valence-electron chi connectivity index (χ3n) is 5.20. The van der Waals surface area contributed by atoms with Gasteiger partial charge in [0.2, 0.25) is 0 Å². The standard InChI is InChI=1S/C24H20N2O4S/c27-21(28)15-18(22(29)30)24(16-9-3-1-4-10-16,17-11-5-2-6-12-17)31-23-25-19-13-7-8-14-20(19)26-23/h1-14,18H,15H2,(H,25,26)(H,27,28)(H,29,30). The molecule has 0 aliphatic carbocycles. The number of aromatic nitrogens is 2. The fourth-order valence-electron chi connectivity index (χ4n) is 3.84. The van der Waals surface area contributed by atoms with E-state index in [0.29, 0.717) is 16.3 Å². The molecule has 0 radical (unpaired) electrons. The van der Waals surface area contributed by atoms with Crippen molar-refractivity contribution >= 4 is 34.7 Å². The summed E-state index contributed by atoms with van der Waals surface area (Å²) >= 11 is 1.24. The van der Waals surface area contributed by atoms with Gasteiger partial charge in [0.05, 0.1) is 28.1 Å². The maximum Gasteiger partial charge on any atom is 0.309 e. The first-order valence-corrected chi connectivity index (χ1v) is 10.5. The van der Waals surface area contributed by atoms with Gasteiger partial charge in [0.25, 0.3) is 0 Å². The van der Waals surface area contributed by atoms with E-state index in [1.807, 2.05) is 84.9 Å². The van der Waals surface area contributed by atoms with Crippen LogP contribution in [0.1, 0.15) is 17.5 Å². The van der Waals surface area contributed by atoms with E-state index in [1.165, 1.54) is 11.8 Å². The summed E-state index contributed by atoms with van der Waals surface area (Å²) in [5.74, 6) is -3.60. The van der Waals surface area contributed by atoms with Gasteiger partial charge in [-0.05, 0) is 23.3 Å². The molecule has 6 nitrogen and oxygen atoms in total. The molecule has 7 heteroatoms. The number of benzene rings is 3. The Balaban J connectivity index is 1.98. The van der Waals surface area contributed by atoms with Crippen LogP contribution in [0, 0.1) is 5.92 Å². The van der Waals surface area contributed by atoms with Gasteiger partial charge in [-0.1, -0.05) is 84.6 Å². The van der Waals surface area contributed by atoms with Crippen LogP contribution in [0.4, 0.5) is 0 Å². The third kappa shape index (κ3) is 4.04. The molecule has 0 aliphatic rings. The van der Waals surface area contributed by atoms with Gasteiger partial charge in [0, 0.05) is 0 Å². The molecule has 0 saturated carbocycles. The summed E-state index contributed by atoms with van der Waals surface area (Å²) in [5.41, 5.74) is 2.97. The summed E-state index contributed by atoms with van der Waals surface area (Å²) in [6, 6.07) is 25.9. The number of thioether (sulfide) groups is 1. The van der Waals surface area contributed by atoms with Crippen molar-refractivity contribution < 1.29 is 19.8 Å². The number of carbonyl (C=O) groups is 2. The highest BCUT2D eigenvalue weighted by Crippen LogP contribution is 2.52. The van der Waals surface area contributed by atoms with E-state index in [9.17, 15) is 19.8 Å². The SMILES string of the molecule is O=C(O)CC(C(=O)O)C(Sc1nc2ccccc2[nH]1)(c1ccccc1)c1ccccc1. The van der Waals surface area contributed by atoms with E-state index in [1.54, 1.807) is 0 Å². The average molecular weight is 433 g/mol. The predicted molar refractivity (Wildman–Crippen MR) is 119 cm³/mol. The van der Waals surface area contributed by atoms with Crippen LogP contribution in [-0.2, 0) is 14.3 Å². The van der Waals surface area contributed by atoms with Crippen LogP contribution >= 0.6 is 11.8 Å². The first kappa shape index (κ1) is 20.7. The van der Waals surface area contributed by atoms with Gasteiger partial charge in [0.1, 0.15) is 0 Å². The Bertz CT molecular complexity index is 1140. The molecule has 1 atom stereocenters. The highest BCUT2D eigenvalue weighted by molar-refractivity contribution is 8.00. The molecule has 156 valence electrons. The number of aromatic amines is 1. The van der Waals surface area contributed by atoms with Crippen molar-refractivity contribution in [1.82, 2.24) is 9.97 Å². The summed E-state index contributed by atoms with van der Waals surface area (Å²) in [6.07, 6.45) is -0.535. The van der Waals surface area contributed by atoms with Gasteiger partial charge in [-0.25, -0.2) is 4.98 Å². The first-order chi connectivity index (χ1) is 15.0. The molecule has 1 aromatic heterocycles. The van der Waals surface area contributed by atoms with Crippen molar-refractivity contribution in [3.05, 3.63) is 96.1 Å². The predicted octanol–water partition coefficient (Wildman–Crippen LogP) is 4.77. The first-order valence-electron chi connectivity index (χ1n) is 9.70. The summed E-state index contributed by atoms with van der Waals surface area (Å²) in [4.78, 5) is 32.1. The zero-order valence-corrected chi connectivity index (χ0v) is 17.3. The Morgan fingerprint density at radius 3 is 1.94 bits per heavy atom. The summed E-state index contributed by atoms with van der Waals surface area (Å²) in [6.45, 7) is 0. The molecule has 1 heterocycles. The lowest BCUT2D eigenvalue weighted by Gasteiger charge is -2.38. The van der Waals surface area contributed by atoms with Crippen molar-refractivity contribution in [2.75, 3.05) is 0 Å². The molecule has 0 fully saturated rings. The molecule has 4 rings (SSSR count). The van der Waals surface area contributed by atoms with Crippen LogP contribution in [0.5, 0.6) is 0 Å². The van der Waals surface area contributed by atoms with E-state index < -0.39 is 29.0 Å². The van der Waals surface area contributed by atoms with E-state index in [-0.39, 0.29) is 0 Å². The number of para-hydroxylation sites is 2. The Morgan fingerprint density at radius 2 is 1.42 bits per heavy atom. The van der Waals surface area contributed by atoms with Gasteiger partial charge in [0.15, 0.2) is 5.16 Å². The van der Waals surface area contributed by atoms with Gasteiger partial charge >= 0.3 is 11.9 Å². The number of carboxylic acid groups (broad SMARTS) is 2. The number of nitrogens with one attached hydrogen (secondary N) is 1. The highest BCUT2D eigenvalue weighted by Gasteiger charge is 2.48. The topological polar surface area (TPSA) is 103 Å². The molecule has 4 aromatic rings. The van der Waals surface area contributed by atoms with Crippen molar-refractivity contribution in [3.63, 3.8) is 0 Å². The van der Waals surface area contributed by atoms with Crippen LogP contribution in [0.15, 0.2) is 90.1 Å². The Kier molecular flexibility index (Phi) is 5.77. The minimum atomic E-state index is -1.24. The van der Waals surface area contributed by atoms with Crippen LogP contribution in [0.25, 0.3) is 11.0 Å².